The fraction of sp³-hybridized carbons (Fsp3) is 0.527. The molecule has 59 heavy (non-hydrogen) atoms. The van der Waals surface area contributed by atoms with Crippen molar-refractivity contribution in [2.45, 2.75) is 162 Å². The van der Waals surface area contributed by atoms with Crippen molar-refractivity contribution >= 4 is 0 Å². The number of benzene rings is 2. The molecule has 0 aliphatic heterocycles. The number of rotatable bonds is 17. The summed E-state index contributed by atoms with van der Waals surface area (Å²) in [4.78, 5) is 8.83. The predicted octanol–water partition coefficient (Wildman–Crippen LogP) is 14.6. The number of nitrogens with zero attached hydrogens (tertiary/aromatic N) is 2. The Hall–Kier alpha value is -4.54. The molecule has 6 rings (SSSR count). The summed E-state index contributed by atoms with van der Waals surface area (Å²) in [5.41, 5.74) is 6.63. The smallest absolute Gasteiger partial charge is 0.137 e. The molecule has 4 nitrogen and oxygen atoms in total. The van der Waals surface area contributed by atoms with E-state index >= 15 is 0 Å². The maximum Gasteiger partial charge on any atom is 0.137 e. The first kappa shape index (κ1) is 45.5. The summed E-state index contributed by atoms with van der Waals surface area (Å²) < 4.78 is 11.5. The van der Waals surface area contributed by atoms with E-state index in [1.54, 1.807) is 12.4 Å². The van der Waals surface area contributed by atoms with Gasteiger partial charge in [-0.2, -0.15) is 0 Å². The number of aromatic nitrogens is 2. The third-order valence-corrected chi connectivity index (χ3v) is 12.3. The normalized spacial score (nSPS) is 18.6. The molecule has 2 aliphatic rings. The van der Waals surface area contributed by atoms with Crippen molar-refractivity contribution in [2.24, 2.45) is 11.8 Å². The summed E-state index contributed by atoms with van der Waals surface area (Å²) in [7, 11) is 0. The van der Waals surface area contributed by atoms with E-state index in [9.17, 15) is 0 Å². The lowest BCUT2D eigenvalue weighted by Gasteiger charge is -2.28. The van der Waals surface area contributed by atoms with Crippen molar-refractivity contribution in [1.29, 1.82) is 0 Å². The van der Waals surface area contributed by atoms with Crippen LogP contribution in [0.15, 0.2) is 85.2 Å². The SMILES string of the molecule is CCCCCCOc1ccc(C#Cc2ccc(C3CCC(CCC)CC3)cc2)nc1.CCCCCOc1ccc(C#Cc2ccc(C3CCC(CCC)CC3)cc2)nc1. The van der Waals surface area contributed by atoms with E-state index in [1.807, 2.05) is 24.3 Å². The van der Waals surface area contributed by atoms with Crippen LogP contribution in [-0.4, -0.2) is 23.2 Å². The van der Waals surface area contributed by atoms with Crippen LogP contribution in [0.4, 0.5) is 0 Å². The third kappa shape index (κ3) is 16.6. The largest absolute Gasteiger partial charge is 0.492 e. The zero-order valence-electron chi connectivity index (χ0n) is 37.0. The second-order valence-corrected chi connectivity index (χ2v) is 17.0. The fourth-order valence-corrected chi connectivity index (χ4v) is 8.68. The number of unbranched alkanes of at least 4 members (excludes halogenated alkanes) is 5. The van der Waals surface area contributed by atoms with Crippen molar-refractivity contribution in [3.8, 4) is 35.2 Å². The Labute approximate surface area is 358 Å². The lowest BCUT2D eigenvalue weighted by atomic mass is 9.77. The summed E-state index contributed by atoms with van der Waals surface area (Å²) >= 11 is 0. The van der Waals surface area contributed by atoms with Crippen molar-refractivity contribution in [3.05, 3.63) is 119 Å². The van der Waals surface area contributed by atoms with Crippen LogP contribution in [0.25, 0.3) is 0 Å². The Kier molecular flexibility index (Phi) is 20.5. The van der Waals surface area contributed by atoms with Gasteiger partial charge in [0, 0.05) is 11.1 Å². The van der Waals surface area contributed by atoms with Gasteiger partial charge in [0.2, 0.25) is 0 Å². The summed E-state index contributed by atoms with van der Waals surface area (Å²) in [6.07, 6.45) is 28.3. The van der Waals surface area contributed by atoms with Crippen molar-refractivity contribution < 1.29 is 9.47 Å². The summed E-state index contributed by atoms with van der Waals surface area (Å²) in [6, 6.07) is 25.5. The second-order valence-electron chi connectivity index (χ2n) is 17.0. The lowest BCUT2D eigenvalue weighted by molar-refractivity contribution is 0.304. The van der Waals surface area contributed by atoms with E-state index in [0.717, 1.165) is 83.7 Å². The van der Waals surface area contributed by atoms with E-state index in [0.29, 0.717) is 0 Å². The van der Waals surface area contributed by atoms with E-state index in [4.69, 9.17) is 9.47 Å². The van der Waals surface area contributed by atoms with Gasteiger partial charge in [-0.25, -0.2) is 9.97 Å². The minimum Gasteiger partial charge on any atom is -0.492 e. The van der Waals surface area contributed by atoms with E-state index in [2.05, 4.69) is 110 Å². The first-order chi connectivity index (χ1) is 29.1. The molecule has 0 bridgehead atoms. The van der Waals surface area contributed by atoms with Gasteiger partial charge >= 0.3 is 0 Å². The molecule has 2 fully saturated rings. The van der Waals surface area contributed by atoms with Gasteiger partial charge in [-0.1, -0.05) is 122 Å². The number of pyridine rings is 2. The fourth-order valence-electron chi connectivity index (χ4n) is 8.68. The molecular weight excluding hydrogens is 721 g/mol. The third-order valence-electron chi connectivity index (χ3n) is 12.3. The maximum atomic E-state index is 5.75. The Morgan fingerprint density at radius 3 is 1.22 bits per heavy atom. The quantitative estimate of drug-likeness (QED) is 0.0789. The van der Waals surface area contributed by atoms with Gasteiger partial charge in [0.25, 0.3) is 0 Å². The molecule has 0 saturated heterocycles. The Bertz CT molecular complexity index is 1840. The van der Waals surface area contributed by atoms with Crippen LogP contribution < -0.4 is 9.47 Å². The molecule has 0 spiro atoms. The van der Waals surface area contributed by atoms with Crippen LogP contribution >= 0.6 is 0 Å². The maximum absolute atomic E-state index is 5.75. The Morgan fingerprint density at radius 2 is 0.847 bits per heavy atom. The molecule has 2 heterocycles. The van der Waals surface area contributed by atoms with Crippen LogP contribution in [-0.2, 0) is 0 Å². The minimum atomic E-state index is 0.733. The Balaban J connectivity index is 0.000000224. The summed E-state index contributed by atoms with van der Waals surface area (Å²) in [5, 5.41) is 0. The number of hydrogen-bond donors (Lipinski definition) is 0. The van der Waals surface area contributed by atoms with Gasteiger partial charge in [0.05, 0.1) is 25.6 Å². The van der Waals surface area contributed by atoms with Crippen LogP contribution in [0.3, 0.4) is 0 Å². The number of ether oxygens (including phenoxy) is 2. The molecule has 0 atom stereocenters. The first-order valence-corrected chi connectivity index (χ1v) is 23.5. The van der Waals surface area contributed by atoms with Crippen LogP contribution in [0, 0.1) is 35.5 Å². The molecular formula is C55H72N2O2. The average Bonchev–Trinajstić information content (AvgIpc) is 3.28. The average molecular weight is 793 g/mol. The highest BCUT2D eigenvalue weighted by Crippen LogP contribution is 2.38. The highest BCUT2D eigenvalue weighted by atomic mass is 16.5. The van der Waals surface area contributed by atoms with Crippen LogP contribution in [0.2, 0.25) is 0 Å². The topological polar surface area (TPSA) is 44.2 Å². The van der Waals surface area contributed by atoms with Gasteiger partial charge < -0.3 is 9.47 Å². The number of hydrogen-bond acceptors (Lipinski definition) is 4. The monoisotopic (exact) mass is 793 g/mol. The molecule has 2 saturated carbocycles. The second kappa shape index (κ2) is 26.5. The molecule has 314 valence electrons. The molecule has 4 aromatic rings. The van der Waals surface area contributed by atoms with Crippen molar-refractivity contribution in [2.75, 3.05) is 13.2 Å². The predicted molar refractivity (Wildman–Crippen MR) is 247 cm³/mol. The van der Waals surface area contributed by atoms with Gasteiger partial charge in [-0.3, -0.25) is 0 Å². The van der Waals surface area contributed by atoms with E-state index < -0.39 is 0 Å². The van der Waals surface area contributed by atoms with E-state index in [1.165, 1.54) is 120 Å². The highest BCUT2D eigenvalue weighted by molar-refractivity contribution is 5.43. The Morgan fingerprint density at radius 1 is 0.441 bits per heavy atom. The van der Waals surface area contributed by atoms with Crippen molar-refractivity contribution in [1.82, 2.24) is 9.97 Å². The van der Waals surface area contributed by atoms with Gasteiger partial charge in [0.1, 0.15) is 22.9 Å². The lowest BCUT2D eigenvalue weighted by Crippen LogP contribution is -2.13. The zero-order valence-corrected chi connectivity index (χ0v) is 37.0. The van der Waals surface area contributed by atoms with Crippen LogP contribution in [0.1, 0.15) is 195 Å². The highest BCUT2D eigenvalue weighted by Gasteiger charge is 2.22. The molecule has 0 radical (unpaired) electrons. The summed E-state index contributed by atoms with van der Waals surface area (Å²) in [5.74, 6) is 17.9. The van der Waals surface area contributed by atoms with Gasteiger partial charge in [-0.15, -0.1) is 0 Å². The minimum absolute atomic E-state index is 0.733. The molecule has 0 amide bonds. The molecule has 4 heteroatoms. The van der Waals surface area contributed by atoms with Crippen molar-refractivity contribution in [3.63, 3.8) is 0 Å². The molecule has 2 aliphatic carbocycles. The molecule has 0 N–H and O–H groups in total. The first-order valence-electron chi connectivity index (χ1n) is 23.5. The molecule has 0 unspecified atom stereocenters. The van der Waals surface area contributed by atoms with Crippen LogP contribution in [0.5, 0.6) is 11.5 Å². The molecule has 2 aromatic carbocycles. The standard InChI is InChI=1S/C28H37NO.C27H35NO/c1-3-5-6-7-21-30-28-20-19-27(29-22-28)18-13-24-11-16-26(17-12-24)25-14-9-23(8-4-2)10-15-25;1-3-5-6-20-29-27-19-18-26(28-21-27)17-12-23-10-15-25(16-11-23)24-13-8-22(7-4-2)9-14-24/h11-12,16-17,19-20,22-23,25H,3-10,14-15,21H2,1-2H3;10-11,15-16,18-19,21-22,24H,3-9,13-14,20H2,1-2H3. The molecule has 2 aromatic heterocycles. The van der Waals surface area contributed by atoms with Gasteiger partial charge in [-0.05, 0) is 159 Å². The van der Waals surface area contributed by atoms with E-state index in [-0.39, 0.29) is 0 Å². The summed E-state index contributed by atoms with van der Waals surface area (Å²) in [6.45, 7) is 10.5. The van der Waals surface area contributed by atoms with Gasteiger partial charge in [0.15, 0.2) is 0 Å². The zero-order chi connectivity index (χ0) is 41.3.